The molecular formula is C15H32O9P2. The molecule has 0 aromatic rings. The zero-order chi connectivity index (χ0) is 19.5. The first kappa shape index (κ1) is 22.6. The molecule has 0 radical (unpaired) electrons. The van der Waals surface area contributed by atoms with Gasteiger partial charge in [0.05, 0.1) is 0 Å². The molecule has 2 saturated carbocycles. The molecule has 1 unspecified atom stereocenters. The predicted octanol–water partition coefficient (Wildman–Crippen LogP) is 2.05. The van der Waals surface area contributed by atoms with Gasteiger partial charge < -0.3 is 9.79 Å². The quantitative estimate of drug-likeness (QED) is 0.183. The van der Waals surface area contributed by atoms with Crippen LogP contribution in [0, 0.1) is 0 Å². The largest absolute Gasteiger partial charge is 0.0205 e. The fourth-order valence-corrected chi connectivity index (χ4v) is 5.08. The number of hydrogen-bond donors (Lipinski definition) is 6. The van der Waals surface area contributed by atoms with E-state index in [9.17, 15) is 9.67 Å². The van der Waals surface area contributed by atoms with E-state index in [-0.39, 0.29) is 0 Å². The molecule has 6 N–H and O–H groups in total. The smallest absolute Gasteiger partial charge is 0.0205 e. The predicted molar refractivity (Wildman–Crippen MR) is 96.1 cm³/mol. The summed E-state index contributed by atoms with van der Waals surface area (Å²) in [6.07, 6.45) is 7.94. The molecule has 0 spiro atoms. The summed E-state index contributed by atoms with van der Waals surface area (Å²) in [5.74, 6) is 0. The van der Waals surface area contributed by atoms with E-state index in [1.165, 1.54) is 0 Å². The van der Waals surface area contributed by atoms with Gasteiger partial charge in [-0.25, -0.2) is 4.57 Å². The van der Waals surface area contributed by atoms with Gasteiger partial charge in [-0.05, 0) is 12.8 Å². The SMILES string of the molecule is O=P(O)(O)OC1(CCCCC(O)CCCCC2(O[PH](O)(O)O)CC2)CC1. The molecule has 0 aliphatic heterocycles. The second kappa shape index (κ2) is 8.78. The normalized spacial score (nSPS) is 22.8. The van der Waals surface area contributed by atoms with Gasteiger partial charge in [0.2, 0.25) is 0 Å². The maximum absolute atomic E-state index is 10.9. The maximum Gasteiger partial charge on any atom is -0.0205 e. The van der Waals surface area contributed by atoms with Crippen LogP contribution in [0.3, 0.4) is 0 Å². The Kier molecular flexibility index (Phi) is 7.64. The van der Waals surface area contributed by atoms with Crippen molar-refractivity contribution < 1.29 is 43.2 Å². The molecular weight excluding hydrogens is 386 g/mol. The topological polar surface area (TPSA) is 157 Å². The summed E-state index contributed by atoms with van der Waals surface area (Å²) in [5, 5.41) is 10.0. The maximum atomic E-state index is 10.9. The van der Waals surface area contributed by atoms with Crippen molar-refractivity contribution in [1.29, 1.82) is 0 Å². The second-order valence-electron chi connectivity index (χ2n) is 7.77. The molecule has 2 aliphatic rings. The molecule has 0 aromatic carbocycles. The zero-order valence-electron chi connectivity index (χ0n) is 14.9. The summed E-state index contributed by atoms with van der Waals surface area (Å²) in [5.41, 5.74) is -1.25. The third kappa shape index (κ3) is 9.02. The van der Waals surface area contributed by atoms with E-state index in [1.807, 2.05) is 0 Å². The van der Waals surface area contributed by atoms with E-state index in [1.54, 1.807) is 0 Å². The van der Waals surface area contributed by atoms with Gasteiger partial charge >= 0.3 is 122 Å². The van der Waals surface area contributed by atoms with Crippen LogP contribution in [0.25, 0.3) is 0 Å². The standard InChI is InChI=1S/C15H32O9P2/c16-13(5-1-3-7-14(9-10-14)23-25(17,18)19)6-2-4-8-15(11-12-15)24-26(20,21)22/h13,16-19,25H,1-12H2,(H2,20,21,22). The van der Waals surface area contributed by atoms with Crippen molar-refractivity contribution in [3.63, 3.8) is 0 Å². The molecule has 1 atom stereocenters. The van der Waals surface area contributed by atoms with Crippen molar-refractivity contribution in [2.24, 2.45) is 0 Å². The van der Waals surface area contributed by atoms with E-state index >= 15 is 0 Å². The summed E-state index contributed by atoms with van der Waals surface area (Å²) >= 11 is 0. The summed E-state index contributed by atoms with van der Waals surface area (Å²) in [6, 6.07) is 0. The molecule has 0 saturated heterocycles. The van der Waals surface area contributed by atoms with Gasteiger partial charge in [-0.2, -0.15) is 0 Å². The van der Waals surface area contributed by atoms with Gasteiger partial charge in [-0.15, -0.1) is 0 Å². The molecule has 11 heteroatoms. The molecule has 0 aromatic heterocycles. The van der Waals surface area contributed by atoms with Gasteiger partial charge in [0, 0.05) is 0 Å². The van der Waals surface area contributed by atoms with Crippen molar-refractivity contribution in [3.05, 3.63) is 0 Å². The minimum atomic E-state index is -4.47. The average Bonchev–Trinajstić information content (AvgIpc) is 3.37. The Hall–Kier alpha value is 0.340. The third-order valence-corrected chi connectivity index (χ3v) is 6.45. The van der Waals surface area contributed by atoms with Crippen molar-refractivity contribution in [2.75, 3.05) is 0 Å². The Morgan fingerprint density at radius 1 is 0.885 bits per heavy atom. The number of rotatable bonds is 14. The van der Waals surface area contributed by atoms with Crippen LogP contribution < -0.4 is 0 Å². The summed E-state index contributed by atoms with van der Waals surface area (Å²) in [7, 11) is -8.91. The molecule has 0 heterocycles. The van der Waals surface area contributed by atoms with Crippen molar-refractivity contribution in [1.82, 2.24) is 0 Å². The molecule has 0 amide bonds. The molecule has 2 fully saturated rings. The molecule has 26 heavy (non-hydrogen) atoms. The van der Waals surface area contributed by atoms with Crippen LogP contribution in [0.15, 0.2) is 0 Å². The van der Waals surface area contributed by atoms with Gasteiger partial charge in [-0.1, -0.05) is 0 Å². The van der Waals surface area contributed by atoms with Crippen molar-refractivity contribution in [2.45, 2.75) is 94.4 Å². The number of unbranched alkanes of at least 4 members (excludes halogenated alkanes) is 2. The van der Waals surface area contributed by atoms with Crippen LogP contribution >= 0.6 is 16.0 Å². The van der Waals surface area contributed by atoms with E-state index < -0.39 is 33.3 Å². The van der Waals surface area contributed by atoms with Crippen LogP contribution in [0.4, 0.5) is 0 Å². The Morgan fingerprint density at radius 2 is 1.35 bits per heavy atom. The van der Waals surface area contributed by atoms with Gasteiger partial charge in [0.1, 0.15) is 0 Å². The van der Waals surface area contributed by atoms with Crippen LogP contribution in [0.2, 0.25) is 0 Å². The molecule has 2 aliphatic carbocycles. The molecule has 0 bridgehead atoms. The Morgan fingerprint density at radius 3 is 1.73 bits per heavy atom. The summed E-state index contributed by atoms with van der Waals surface area (Å²) in [4.78, 5) is 44.8. The van der Waals surface area contributed by atoms with E-state index in [0.717, 1.165) is 25.7 Å². The van der Waals surface area contributed by atoms with Gasteiger partial charge in [0.15, 0.2) is 0 Å². The van der Waals surface area contributed by atoms with Crippen molar-refractivity contribution >= 4 is 16.0 Å². The van der Waals surface area contributed by atoms with E-state index in [0.29, 0.717) is 51.4 Å². The number of phosphoric acid groups is 1. The average molecular weight is 418 g/mol. The number of aliphatic hydroxyl groups excluding tert-OH is 1. The van der Waals surface area contributed by atoms with Crippen LogP contribution in [-0.4, -0.2) is 46.9 Å². The van der Waals surface area contributed by atoms with E-state index in [2.05, 4.69) is 0 Å². The van der Waals surface area contributed by atoms with Gasteiger partial charge in [-0.3, -0.25) is 4.52 Å². The first-order chi connectivity index (χ1) is 11.9. The van der Waals surface area contributed by atoms with Crippen LogP contribution in [0.1, 0.15) is 77.0 Å². The van der Waals surface area contributed by atoms with Gasteiger partial charge in [0.25, 0.3) is 0 Å². The first-order valence-electron chi connectivity index (χ1n) is 9.24. The minimum absolute atomic E-state index is 0.425. The molecule has 156 valence electrons. The number of aliphatic hydroxyl groups is 1. The first-order valence-corrected chi connectivity index (χ1v) is 12.5. The Bertz CT molecular complexity index is 494. The summed E-state index contributed by atoms with van der Waals surface area (Å²) < 4.78 is 20.7. The fraction of sp³-hybridized carbons (Fsp3) is 1.00. The summed E-state index contributed by atoms with van der Waals surface area (Å²) in [6.45, 7) is 0. The van der Waals surface area contributed by atoms with Crippen molar-refractivity contribution in [3.8, 4) is 0 Å². The second-order valence-corrected chi connectivity index (χ2v) is 10.3. The Balaban J connectivity index is 1.50. The number of hydrogen-bond acceptors (Lipinski definition) is 7. The molecule has 2 rings (SSSR count). The minimum Gasteiger partial charge on any atom is -0.0205 e. The monoisotopic (exact) mass is 418 g/mol. The third-order valence-electron chi connectivity index (χ3n) is 5.12. The zero-order valence-corrected chi connectivity index (χ0v) is 16.8. The Labute approximate surface area is 154 Å². The fourth-order valence-electron chi connectivity index (χ4n) is 3.41. The van der Waals surface area contributed by atoms with Crippen LogP contribution in [0.5, 0.6) is 0 Å². The molecule has 9 nitrogen and oxygen atoms in total. The van der Waals surface area contributed by atoms with Crippen LogP contribution in [-0.2, 0) is 13.6 Å². The number of phosphoric ester groups is 1. The van der Waals surface area contributed by atoms with E-state index in [4.69, 9.17) is 33.5 Å².